The molecule has 0 aromatic carbocycles. The summed E-state index contributed by atoms with van der Waals surface area (Å²) in [5.41, 5.74) is 2.60. The van der Waals surface area contributed by atoms with Gasteiger partial charge in [0.25, 0.3) is 0 Å². The summed E-state index contributed by atoms with van der Waals surface area (Å²) < 4.78 is 10.7. The molecule has 4 rings (SSSR count). The van der Waals surface area contributed by atoms with Crippen molar-refractivity contribution in [1.82, 2.24) is 15.0 Å². The molecule has 1 saturated heterocycles. The number of fused-ring (bicyclic) bond motifs is 1. The number of hydrogen-bond donors (Lipinski definition) is 0. The maximum Gasteiger partial charge on any atom is 0.206 e. The van der Waals surface area contributed by atoms with E-state index in [9.17, 15) is 4.79 Å². The first-order chi connectivity index (χ1) is 14.0. The van der Waals surface area contributed by atoms with E-state index in [1.165, 1.54) is 7.11 Å². The average molecular weight is 392 g/mol. The van der Waals surface area contributed by atoms with Crippen molar-refractivity contribution in [3.63, 3.8) is 0 Å². The fourth-order valence-corrected chi connectivity index (χ4v) is 3.62. The van der Waals surface area contributed by atoms with E-state index in [4.69, 9.17) is 19.4 Å². The van der Waals surface area contributed by atoms with Crippen LogP contribution in [0, 0.1) is 0 Å². The highest BCUT2D eigenvalue weighted by Crippen LogP contribution is 2.24. The van der Waals surface area contributed by atoms with Crippen LogP contribution in [-0.4, -0.2) is 59.7 Å². The van der Waals surface area contributed by atoms with E-state index in [0.29, 0.717) is 11.2 Å². The molecule has 3 aromatic rings. The Hall–Kier alpha value is -2.90. The molecule has 0 radical (unpaired) electrons. The molecule has 1 aliphatic rings. The molecule has 1 fully saturated rings. The zero-order chi connectivity index (χ0) is 20.4. The molecular weight excluding hydrogens is 368 g/mol. The maximum absolute atomic E-state index is 12.1. The monoisotopic (exact) mass is 392 g/mol. The summed E-state index contributed by atoms with van der Waals surface area (Å²) in [4.78, 5) is 28.1. The summed E-state index contributed by atoms with van der Waals surface area (Å²) in [5, 5.41) is 0.870. The van der Waals surface area contributed by atoms with Gasteiger partial charge >= 0.3 is 0 Å². The van der Waals surface area contributed by atoms with E-state index in [0.717, 1.165) is 35.7 Å². The van der Waals surface area contributed by atoms with E-state index >= 15 is 0 Å². The number of ketones is 1. The molecule has 1 aliphatic heterocycles. The third-order valence-electron chi connectivity index (χ3n) is 4.88. The molecule has 4 heterocycles. The van der Waals surface area contributed by atoms with Crippen LogP contribution in [0.1, 0.15) is 24.3 Å². The van der Waals surface area contributed by atoms with Gasteiger partial charge in [0, 0.05) is 31.8 Å². The molecule has 0 unspecified atom stereocenters. The fourth-order valence-electron chi connectivity index (χ4n) is 3.62. The molecule has 0 saturated carbocycles. The largest absolute Gasteiger partial charge is 0.376 e. The number of ether oxygens (including phenoxy) is 2. The van der Waals surface area contributed by atoms with Gasteiger partial charge in [0.15, 0.2) is 0 Å². The number of methoxy groups -OCH3 is 1. The van der Waals surface area contributed by atoms with Crippen LogP contribution < -0.4 is 4.90 Å². The summed E-state index contributed by atoms with van der Waals surface area (Å²) in [6.45, 7) is 5.77. The number of nitrogens with zero attached hydrogens (tertiary/aromatic N) is 4. The van der Waals surface area contributed by atoms with Crippen molar-refractivity contribution in [2.45, 2.75) is 26.1 Å². The van der Waals surface area contributed by atoms with Gasteiger partial charge in [-0.1, -0.05) is 6.07 Å². The Morgan fingerprint density at radius 1 is 1.14 bits per heavy atom. The van der Waals surface area contributed by atoms with Crippen molar-refractivity contribution in [3.05, 3.63) is 48.3 Å². The minimum atomic E-state index is -0.169. The maximum atomic E-state index is 12.1. The number of pyridine rings is 3. The number of carbonyl (C=O) groups excluding carboxylic acids is 1. The second-order valence-corrected chi connectivity index (χ2v) is 7.36. The van der Waals surface area contributed by atoms with Crippen molar-refractivity contribution >= 4 is 22.5 Å². The molecule has 0 bridgehead atoms. The van der Waals surface area contributed by atoms with Crippen molar-refractivity contribution in [2.24, 2.45) is 0 Å². The highest BCUT2D eigenvalue weighted by atomic mass is 16.5. The van der Waals surface area contributed by atoms with E-state index < -0.39 is 0 Å². The molecule has 3 aromatic heterocycles. The van der Waals surface area contributed by atoms with Crippen LogP contribution in [0.3, 0.4) is 0 Å². The van der Waals surface area contributed by atoms with E-state index in [1.807, 2.05) is 30.3 Å². The lowest BCUT2D eigenvalue weighted by atomic mass is 10.1. The summed E-state index contributed by atoms with van der Waals surface area (Å²) in [6, 6.07) is 11.5. The molecular formula is C22H24N4O3. The molecule has 0 aliphatic carbocycles. The summed E-state index contributed by atoms with van der Waals surface area (Å²) >= 11 is 0. The predicted molar refractivity (Wildman–Crippen MR) is 111 cm³/mol. The number of carbonyl (C=O) groups is 1. The summed E-state index contributed by atoms with van der Waals surface area (Å²) in [7, 11) is 1.49. The van der Waals surface area contributed by atoms with E-state index in [1.54, 1.807) is 12.3 Å². The van der Waals surface area contributed by atoms with E-state index in [-0.39, 0.29) is 24.6 Å². The van der Waals surface area contributed by atoms with Crippen LogP contribution in [0.5, 0.6) is 0 Å². The lowest BCUT2D eigenvalue weighted by molar-refractivity contribution is -0.00545. The van der Waals surface area contributed by atoms with Gasteiger partial charge in [-0.25, -0.2) is 9.97 Å². The van der Waals surface area contributed by atoms with Gasteiger partial charge in [-0.2, -0.15) is 0 Å². The number of aromatic nitrogens is 3. The van der Waals surface area contributed by atoms with Crippen LogP contribution >= 0.6 is 0 Å². The number of Topliss-reactive ketones (excluding diaryl/α,β-unsaturated/α-hetero) is 1. The van der Waals surface area contributed by atoms with Crippen LogP contribution in [0.4, 0.5) is 5.82 Å². The molecule has 150 valence electrons. The lowest BCUT2D eigenvalue weighted by Crippen LogP contribution is -2.45. The Balaban J connectivity index is 1.66. The van der Waals surface area contributed by atoms with Gasteiger partial charge in [-0.05, 0) is 44.2 Å². The first kappa shape index (κ1) is 19.4. The van der Waals surface area contributed by atoms with Gasteiger partial charge in [0.2, 0.25) is 5.78 Å². The van der Waals surface area contributed by atoms with Crippen molar-refractivity contribution in [2.75, 3.05) is 31.7 Å². The predicted octanol–water partition coefficient (Wildman–Crippen LogP) is 3.13. The number of anilines is 1. The first-order valence-corrected chi connectivity index (χ1v) is 9.70. The van der Waals surface area contributed by atoms with Crippen LogP contribution in [0.15, 0.2) is 42.6 Å². The topological polar surface area (TPSA) is 77.4 Å². The first-order valence-electron chi connectivity index (χ1n) is 9.70. The van der Waals surface area contributed by atoms with Crippen LogP contribution in [0.25, 0.3) is 22.3 Å². The Morgan fingerprint density at radius 3 is 2.66 bits per heavy atom. The normalized spacial score (nSPS) is 19.5. The van der Waals surface area contributed by atoms with Crippen LogP contribution in [0.2, 0.25) is 0 Å². The quantitative estimate of drug-likeness (QED) is 0.617. The zero-order valence-electron chi connectivity index (χ0n) is 16.8. The molecule has 0 amide bonds. The molecule has 29 heavy (non-hydrogen) atoms. The minimum Gasteiger partial charge on any atom is -0.376 e. The highest BCUT2D eigenvalue weighted by Gasteiger charge is 2.23. The second kappa shape index (κ2) is 8.23. The highest BCUT2D eigenvalue weighted by molar-refractivity contribution is 5.98. The molecule has 2 atom stereocenters. The fraction of sp³-hybridized carbons (Fsp3) is 0.364. The Bertz CT molecular complexity index is 1030. The van der Waals surface area contributed by atoms with Crippen molar-refractivity contribution in [1.29, 1.82) is 0 Å². The SMILES string of the molecule is COCC(=O)c1cc2nc(-c3cccc(N4C[C@@H](C)O[C@@H](C)C4)n3)ccc2cn1. The van der Waals surface area contributed by atoms with Gasteiger partial charge in [0.05, 0.1) is 29.1 Å². The molecule has 0 spiro atoms. The van der Waals surface area contributed by atoms with Crippen LogP contribution in [-0.2, 0) is 9.47 Å². The number of rotatable bonds is 5. The van der Waals surface area contributed by atoms with Gasteiger partial charge in [-0.15, -0.1) is 0 Å². The molecule has 0 N–H and O–H groups in total. The average Bonchev–Trinajstić information content (AvgIpc) is 2.72. The number of hydrogen-bond acceptors (Lipinski definition) is 7. The lowest BCUT2D eigenvalue weighted by Gasteiger charge is -2.36. The van der Waals surface area contributed by atoms with Gasteiger partial charge in [-0.3, -0.25) is 9.78 Å². The smallest absolute Gasteiger partial charge is 0.206 e. The Morgan fingerprint density at radius 2 is 1.90 bits per heavy atom. The third kappa shape index (κ3) is 4.26. The summed E-state index contributed by atoms with van der Waals surface area (Å²) in [5.74, 6) is 0.745. The molecule has 7 nitrogen and oxygen atoms in total. The van der Waals surface area contributed by atoms with Gasteiger partial charge < -0.3 is 14.4 Å². The Kier molecular flexibility index (Phi) is 5.51. The summed E-state index contributed by atoms with van der Waals surface area (Å²) in [6.07, 6.45) is 1.99. The van der Waals surface area contributed by atoms with E-state index in [2.05, 4.69) is 23.7 Å². The third-order valence-corrected chi connectivity index (χ3v) is 4.88. The zero-order valence-corrected chi connectivity index (χ0v) is 16.8. The standard InChI is InChI=1S/C22H24N4O3/c1-14-11-26(12-15(2)29-14)22-6-4-5-17(25-22)18-8-7-16-10-23-20(9-19(16)24-18)21(27)13-28-3/h4-10,14-15H,11-13H2,1-3H3/t14-,15+. The number of morpholine rings is 1. The minimum absolute atomic E-state index is 0.00179. The van der Waals surface area contributed by atoms with Gasteiger partial charge in [0.1, 0.15) is 18.1 Å². The van der Waals surface area contributed by atoms with Crippen molar-refractivity contribution in [3.8, 4) is 11.4 Å². The second-order valence-electron chi connectivity index (χ2n) is 7.36. The molecule has 7 heteroatoms. The van der Waals surface area contributed by atoms with Crippen molar-refractivity contribution < 1.29 is 14.3 Å². The Labute approximate surface area is 169 Å².